The molecule has 1 aromatic carbocycles. The van der Waals surface area contributed by atoms with Gasteiger partial charge in [-0.25, -0.2) is 0 Å². The Labute approximate surface area is 132 Å². The Kier molecular flexibility index (Phi) is 3.22. The van der Waals surface area contributed by atoms with Crippen LogP contribution in [0.3, 0.4) is 0 Å². The Morgan fingerprint density at radius 1 is 0.905 bits per heavy atom. The Hall–Kier alpha value is -1.08. The van der Waals surface area contributed by atoms with Gasteiger partial charge in [-0.15, -0.1) is 11.3 Å². The maximum absolute atomic E-state index is 2.45. The minimum absolute atomic E-state index is 0.196. The predicted molar refractivity (Wildman–Crippen MR) is 90.1 cm³/mol. The molecule has 2 fully saturated rings. The first-order chi connectivity index (χ1) is 10.2. The van der Waals surface area contributed by atoms with Gasteiger partial charge in [0.1, 0.15) is 0 Å². The van der Waals surface area contributed by atoms with Crippen LogP contribution in [0.1, 0.15) is 43.6 Å². The summed E-state index contributed by atoms with van der Waals surface area (Å²) in [6, 6.07) is 15.6. The molecule has 4 rings (SSSR count). The summed E-state index contributed by atoms with van der Waals surface area (Å²) >= 11 is 1.92. The smallest absolute Gasteiger partial charge is 0.0251 e. The molecule has 0 saturated heterocycles. The molecule has 2 atom stereocenters. The van der Waals surface area contributed by atoms with Crippen molar-refractivity contribution >= 4 is 11.3 Å². The lowest BCUT2D eigenvalue weighted by molar-refractivity contribution is 0.439. The van der Waals surface area contributed by atoms with Crippen molar-refractivity contribution in [3.8, 4) is 0 Å². The highest BCUT2D eigenvalue weighted by Gasteiger charge is 2.58. The Bertz CT molecular complexity index is 596. The summed E-state index contributed by atoms with van der Waals surface area (Å²) in [6.07, 6.45) is 4.13. The van der Waals surface area contributed by atoms with Crippen molar-refractivity contribution < 1.29 is 0 Å². The molecule has 0 nitrogen and oxygen atoms in total. The van der Waals surface area contributed by atoms with Crippen LogP contribution in [0.5, 0.6) is 0 Å². The Morgan fingerprint density at radius 2 is 1.62 bits per heavy atom. The largest absolute Gasteiger partial charge is 0.148 e. The van der Waals surface area contributed by atoms with Crippen molar-refractivity contribution in [2.75, 3.05) is 0 Å². The first-order valence-electron chi connectivity index (χ1n) is 8.03. The zero-order valence-electron chi connectivity index (χ0n) is 12.8. The summed E-state index contributed by atoms with van der Waals surface area (Å²) in [5.74, 6) is 4.93. The molecule has 0 bridgehead atoms. The summed E-state index contributed by atoms with van der Waals surface area (Å²) in [7, 11) is 0. The average molecular weight is 294 g/mol. The molecule has 2 radical (unpaired) electrons. The van der Waals surface area contributed by atoms with E-state index in [1.165, 1.54) is 29.7 Å². The molecule has 0 amide bonds. The third-order valence-electron chi connectivity index (χ3n) is 5.48. The second-order valence-electron chi connectivity index (χ2n) is 6.94. The lowest BCUT2D eigenvalue weighted by atomic mass is 9.69. The summed E-state index contributed by atoms with van der Waals surface area (Å²) < 4.78 is 0. The van der Waals surface area contributed by atoms with Crippen LogP contribution >= 0.6 is 11.3 Å². The van der Waals surface area contributed by atoms with Gasteiger partial charge in [0.05, 0.1) is 0 Å². The zero-order valence-corrected chi connectivity index (χ0v) is 13.6. The van der Waals surface area contributed by atoms with Gasteiger partial charge in [-0.1, -0.05) is 56.7 Å². The van der Waals surface area contributed by atoms with E-state index in [2.05, 4.69) is 61.7 Å². The Morgan fingerprint density at radius 3 is 2.29 bits per heavy atom. The maximum atomic E-state index is 2.45. The number of hydrogen-bond donors (Lipinski definition) is 0. The van der Waals surface area contributed by atoms with Gasteiger partial charge in [0, 0.05) is 16.7 Å². The minimum Gasteiger partial charge on any atom is -0.148 e. The fourth-order valence-electron chi connectivity index (χ4n) is 4.84. The highest BCUT2D eigenvalue weighted by Crippen LogP contribution is 2.66. The van der Waals surface area contributed by atoms with Crippen LogP contribution in [0.25, 0.3) is 0 Å². The number of benzene rings is 1. The second kappa shape index (κ2) is 4.98. The fourth-order valence-corrected chi connectivity index (χ4v) is 5.83. The summed E-state index contributed by atoms with van der Waals surface area (Å²) in [5, 5.41) is 2.23. The molecular weight excluding hydrogens is 272 g/mol. The second-order valence-corrected chi connectivity index (χ2v) is 7.89. The topological polar surface area (TPSA) is 0 Å². The number of fused-ring (bicyclic) bond motifs is 1. The zero-order chi connectivity index (χ0) is 14.4. The fraction of sp³-hybridized carbons (Fsp3) is 0.400. The normalized spacial score (nSPS) is 28.9. The molecule has 1 heteroatoms. The Balaban J connectivity index is 1.81. The van der Waals surface area contributed by atoms with Gasteiger partial charge in [-0.3, -0.25) is 0 Å². The van der Waals surface area contributed by atoms with Crippen molar-refractivity contribution in [2.45, 2.75) is 33.1 Å². The van der Waals surface area contributed by atoms with Gasteiger partial charge in [-0.05, 0) is 47.1 Å². The van der Waals surface area contributed by atoms with E-state index in [-0.39, 0.29) is 5.41 Å². The van der Waals surface area contributed by atoms with Crippen LogP contribution in [0.4, 0.5) is 0 Å². The number of rotatable bonds is 2. The van der Waals surface area contributed by atoms with E-state index >= 15 is 0 Å². The molecule has 0 spiro atoms. The summed E-state index contributed by atoms with van der Waals surface area (Å²) in [4.78, 5) is 1.52. The molecule has 2 aromatic rings. The molecule has 2 unspecified atom stereocenters. The van der Waals surface area contributed by atoms with E-state index < -0.39 is 0 Å². The molecule has 0 aliphatic heterocycles. The van der Waals surface area contributed by atoms with Gasteiger partial charge < -0.3 is 0 Å². The van der Waals surface area contributed by atoms with Gasteiger partial charge >= 0.3 is 0 Å². The number of thiophene rings is 1. The summed E-state index contributed by atoms with van der Waals surface area (Å²) in [5.41, 5.74) is 1.66. The van der Waals surface area contributed by atoms with Crippen molar-refractivity contribution in [1.29, 1.82) is 0 Å². The van der Waals surface area contributed by atoms with Crippen molar-refractivity contribution in [1.82, 2.24) is 0 Å². The third kappa shape index (κ3) is 2.01. The minimum atomic E-state index is 0.196. The molecule has 2 aliphatic rings. The molecule has 0 N–H and O–H groups in total. The standard InChI is InChI=1S/C20H22S/c1-20(2)18(14-8-4-3-5-9-14)15-10-6-11-16(15)19(20)17-12-7-13-21-17/h3-5,7-9,12-13,15-16H,6,10-11H2,1-2H3. The van der Waals surface area contributed by atoms with Crippen LogP contribution in [0, 0.1) is 29.1 Å². The van der Waals surface area contributed by atoms with Crippen LogP contribution in [0.15, 0.2) is 47.8 Å². The van der Waals surface area contributed by atoms with E-state index in [0.29, 0.717) is 0 Å². The molecule has 2 aliphatic carbocycles. The van der Waals surface area contributed by atoms with Crippen LogP contribution < -0.4 is 0 Å². The molecule has 108 valence electrons. The highest BCUT2D eigenvalue weighted by molar-refractivity contribution is 7.10. The van der Waals surface area contributed by atoms with Crippen molar-refractivity contribution in [2.24, 2.45) is 17.3 Å². The molecule has 21 heavy (non-hydrogen) atoms. The summed E-state index contributed by atoms with van der Waals surface area (Å²) in [6.45, 7) is 4.89. The SMILES string of the molecule is CC1(C)[C](c2ccccc2)C2CCCC2[C]1c1cccs1. The van der Waals surface area contributed by atoms with Crippen LogP contribution in [0.2, 0.25) is 0 Å². The lowest BCUT2D eigenvalue weighted by Gasteiger charge is -2.34. The van der Waals surface area contributed by atoms with Crippen molar-refractivity contribution in [3.63, 3.8) is 0 Å². The lowest BCUT2D eigenvalue weighted by Crippen LogP contribution is -2.26. The third-order valence-corrected chi connectivity index (χ3v) is 6.38. The van der Waals surface area contributed by atoms with Gasteiger partial charge in [-0.2, -0.15) is 0 Å². The predicted octanol–water partition coefficient (Wildman–Crippen LogP) is 5.75. The molecule has 2 saturated carbocycles. The molecule has 1 heterocycles. The van der Waals surface area contributed by atoms with Gasteiger partial charge in [0.15, 0.2) is 0 Å². The van der Waals surface area contributed by atoms with Crippen molar-refractivity contribution in [3.05, 3.63) is 70.1 Å². The van der Waals surface area contributed by atoms with E-state index in [1.807, 2.05) is 11.3 Å². The molecule has 1 aromatic heterocycles. The average Bonchev–Trinajstić information content (AvgIpc) is 3.16. The molecular formula is C20H22S. The van der Waals surface area contributed by atoms with Gasteiger partial charge in [0.25, 0.3) is 0 Å². The monoisotopic (exact) mass is 294 g/mol. The van der Waals surface area contributed by atoms with E-state index in [9.17, 15) is 0 Å². The van der Waals surface area contributed by atoms with Gasteiger partial charge in [0.2, 0.25) is 0 Å². The van der Waals surface area contributed by atoms with E-state index in [1.54, 1.807) is 11.8 Å². The maximum Gasteiger partial charge on any atom is 0.0251 e. The first kappa shape index (κ1) is 13.6. The first-order valence-corrected chi connectivity index (χ1v) is 8.91. The number of hydrogen-bond acceptors (Lipinski definition) is 1. The van der Waals surface area contributed by atoms with E-state index in [0.717, 1.165) is 11.8 Å². The van der Waals surface area contributed by atoms with Crippen LogP contribution in [-0.2, 0) is 0 Å². The van der Waals surface area contributed by atoms with Crippen LogP contribution in [-0.4, -0.2) is 0 Å². The highest BCUT2D eigenvalue weighted by atomic mass is 32.1. The van der Waals surface area contributed by atoms with E-state index in [4.69, 9.17) is 0 Å². The quantitative estimate of drug-likeness (QED) is 0.661.